The molecule has 2 aromatic heterocycles. The molecule has 6 aromatic carbocycles. The number of hydrogen-bond donors (Lipinski definition) is 3. The summed E-state index contributed by atoms with van der Waals surface area (Å²) in [4.78, 5) is 27.3. The molecule has 0 radical (unpaired) electrons. The molecule has 6 aliphatic heterocycles. The maximum absolute atomic E-state index is 16.9. The van der Waals surface area contributed by atoms with E-state index < -0.39 is 52.3 Å². The monoisotopic (exact) mass is 1240 g/mol. The van der Waals surface area contributed by atoms with Crippen molar-refractivity contribution in [2.24, 2.45) is 17.8 Å². The summed E-state index contributed by atoms with van der Waals surface area (Å²) < 4.78 is 110. The number of ether oxygens (including phenoxy) is 3. The second-order valence-electron chi connectivity index (χ2n) is 26.6. The minimum Gasteiger partial charge on any atom is -0.508 e. The molecule has 15 rings (SSSR count). The number of methoxy groups -OCH3 is 1. The lowest BCUT2D eigenvalue weighted by Gasteiger charge is -2.33. The summed E-state index contributed by atoms with van der Waals surface area (Å²) in [5.41, 5.74) is -0.857. The first-order chi connectivity index (χ1) is 43.8. The van der Waals surface area contributed by atoms with Gasteiger partial charge in [0.15, 0.2) is 11.6 Å². The summed E-state index contributed by atoms with van der Waals surface area (Å²) in [7, 11) is 1.70. The van der Waals surface area contributed by atoms with E-state index in [-0.39, 0.29) is 93.0 Å². The highest BCUT2D eigenvalue weighted by molar-refractivity contribution is 6.05. The van der Waals surface area contributed by atoms with Crippen LogP contribution in [0.5, 0.6) is 23.5 Å². The van der Waals surface area contributed by atoms with Crippen LogP contribution in [0.15, 0.2) is 72.8 Å². The Kier molecular flexibility index (Phi) is 15.6. The minimum absolute atomic E-state index is 0.00210. The number of nitrogens with zero attached hydrogens (tertiary/aromatic N) is 8. The second kappa shape index (κ2) is 23.5. The van der Waals surface area contributed by atoms with E-state index in [1.54, 1.807) is 31.4 Å². The van der Waals surface area contributed by atoms with Crippen molar-refractivity contribution >= 4 is 55.0 Å². The zero-order chi connectivity index (χ0) is 63.3. The van der Waals surface area contributed by atoms with Gasteiger partial charge in [-0.05, 0) is 160 Å². The largest absolute Gasteiger partial charge is 0.508 e. The van der Waals surface area contributed by atoms with Crippen molar-refractivity contribution in [2.45, 2.75) is 100 Å². The molecule has 91 heavy (non-hydrogen) atoms. The summed E-state index contributed by atoms with van der Waals surface area (Å²) in [5.74, 6) is 4.03. The summed E-state index contributed by atoms with van der Waals surface area (Å²) in [6.07, 6.45) is 17.0. The number of anilines is 2. The summed E-state index contributed by atoms with van der Waals surface area (Å²) in [6.45, 7) is 8.05. The van der Waals surface area contributed by atoms with Crippen LogP contribution < -0.4 is 19.3 Å². The number of halogens is 6. The number of aromatic hydroxyl groups is 2. The van der Waals surface area contributed by atoms with Crippen molar-refractivity contribution in [3.63, 3.8) is 0 Å². The first kappa shape index (κ1) is 60.4. The van der Waals surface area contributed by atoms with E-state index in [4.69, 9.17) is 37.0 Å². The van der Waals surface area contributed by atoms with Gasteiger partial charge in [-0.25, -0.2) is 26.3 Å². The van der Waals surface area contributed by atoms with Crippen LogP contribution in [0.25, 0.3) is 65.6 Å². The number of terminal acetylenes is 2. The summed E-state index contributed by atoms with van der Waals surface area (Å²) >= 11 is 0. The maximum Gasteiger partial charge on any atom is 0.319 e. The van der Waals surface area contributed by atoms with Crippen LogP contribution in [0.1, 0.15) is 82.3 Å². The predicted octanol–water partition coefficient (Wildman–Crippen LogP) is 12.2. The van der Waals surface area contributed by atoms with Crippen molar-refractivity contribution in [1.82, 2.24) is 29.7 Å². The molecular formula is C71H70F6N8O6. The van der Waals surface area contributed by atoms with Crippen molar-refractivity contribution in [3.8, 4) is 70.5 Å². The molecule has 6 saturated heterocycles. The van der Waals surface area contributed by atoms with E-state index in [2.05, 4.69) is 41.4 Å². The standard InChI is InChI=1S/C36H35F3N4O3.C35H35F3N4O3/c1-3-25-29(38)8-5-20-11-24(44)12-28(30(20)25)26-6-7-27-32(31(26)39)40-34(46-19-36-9-4-10-43(36)18-23(37)15-36)41-33(27)42-16-21-13-35(2,45)14-22(21)17-42;1-3-25-29(37)8-5-22-15-24(43)16-28(30(22)25)26-6-7-27-32(31(26)38)39-34(40-33(27)41-13-9-21(10-14-41)19-44-2)45-20-35-11-4-12-42(35)18-23(36)17-35/h1,5-8,11-12,21-23,44-45H,4,9-10,13-19H2,2H3;1,5-8,15-16,21,23,43H,4,9-14,17-20H2,2H3. The average molecular weight is 1250 g/mol. The van der Waals surface area contributed by atoms with Gasteiger partial charge in [0.1, 0.15) is 71.4 Å². The number of piperidine rings is 1. The fourth-order valence-electron chi connectivity index (χ4n) is 16.5. The summed E-state index contributed by atoms with van der Waals surface area (Å²) in [5, 5.41) is 34.3. The Morgan fingerprint density at radius 1 is 0.582 bits per heavy atom. The maximum atomic E-state index is 16.9. The van der Waals surface area contributed by atoms with Gasteiger partial charge in [-0.1, -0.05) is 36.1 Å². The number of aliphatic hydroxyl groups is 1. The molecule has 7 fully saturated rings. The first-order valence-corrected chi connectivity index (χ1v) is 31.4. The third-order valence-corrected chi connectivity index (χ3v) is 20.6. The average Bonchev–Trinajstić information content (AvgIpc) is 1.61. The van der Waals surface area contributed by atoms with Gasteiger partial charge in [-0.3, -0.25) is 9.80 Å². The number of rotatable bonds is 12. The molecule has 14 nitrogen and oxygen atoms in total. The minimum atomic E-state index is -0.923. The molecule has 6 atom stereocenters. The van der Waals surface area contributed by atoms with Crippen molar-refractivity contribution < 1.29 is 55.9 Å². The Labute approximate surface area is 523 Å². The summed E-state index contributed by atoms with van der Waals surface area (Å²) in [6, 6.07) is 17.8. The van der Waals surface area contributed by atoms with Gasteiger partial charge in [0.05, 0.1) is 27.8 Å². The van der Waals surface area contributed by atoms with Crippen LogP contribution in [0.3, 0.4) is 0 Å². The lowest BCUT2D eigenvalue weighted by molar-refractivity contribution is 0.0601. The highest BCUT2D eigenvalue weighted by atomic mass is 19.2. The molecule has 8 heterocycles. The van der Waals surface area contributed by atoms with Gasteiger partial charge in [0.2, 0.25) is 0 Å². The number of phenolic OH excluding ortho intramolecular Hbond substituents is 2. The molecule has 1 saturated carbocycles. The molecule has 1 aliphatic carbocycles. The fraction of sp³-hybridized carbons (Fsp3) is 0.437. The topological polar surface area (TPSA) is 153 Å². The zero-order valence-corrected chi connectivity index (χ0v) is 50.7. The van der Waals surface area contributed by atoms with Gasteiger partial charge in [-0.15, -0.1) is 12.8 Å². The third-order valence-electron chi connectivity index (χ3n) is 20.6. The van der Waals surface area contributed by atoms with E-state index >= 15 is 8.78 Å². The first-order valence-electron chi connectivity index (χ1n) is 31.4. The SMILES string of the molecule is C#Cc1c(F)ccc2cc(O)cc(-c3ccc4c(N5CC6CC(C)(O)CC6C5)nc(OCC56CCCN5CC(F)C6)nc4c3F)c12.C#Cc1c(F)ccc2cc(O)cc(-c3ccc4c(N5CCC(COC)CC5)nc(OCC56CCCN5CC(F)C6)nc4c3F)c12. The molecule has 6 unspecified atom stereocenters. The number of hydrogen-bond acceptors (Lipinski definition) is 14. The molecule has 20 heteroatoms. The Morgan fingerprint density at radius 3 is 1.49 bits per heavy atom. The number of benzene rings is 6. The Hall–Kier alpha value is -8.14. The Balaban J connectivity index is 0.000000159. The van der Waals surface area contributed by atoms with Gasteiger partial charge >= 0.3 is 12.0 Å². The molecule has 0 amide bonds. The highest BCUT2D eigenvalue weighted by Gasteiger charge is 2.51. The smallest absolute Gasteiger partial charge is 0.319 e. The van der Waals surface area contributed by atoms with E-state index in [9.17, 15) is 32.9 Å². The van der Waals surface area contributed by atoms with Gasteiger partial charge in [0.25, 0.3) is 0 Å². The lowest BCUT2D eigenvalue weighted by atomic mass is 9.93. The van der Waals surface area contributed by atoms with Crippen molar-refractivity contribution in [3.05, 3.63) is 107 Å². The zero-order valence-electron chi connectivity index (χ0n) is 50.7. The van der Waals surface area contributed by atoms with E-state index in [1.807, 2.05) is 6.92 Å². The van der Waals surface area contributed by atoms with Gasteiger partial charge in [-0.2, -0.15) is 19.9 Å². The van der Waals surface area contributed by atoms with Crippen LogP contribution in [-0.4, -0.2) is 153 Å². The number of aromatic nitrogens is 4. The normalized spacial score (nSPS) is 25.7. The van der Waals surface area contributed by atoms with Crippen LogP contribution in [0.2, 0.25) is 0 Å². The van der Waals surface area contributed by atoms with E-state index in [0.717, 1.165) is 51.6 Å². The van der Waals surface area contributed by atoms with Crippen LogP contribution in [0.4, 0.5) is 38.0 Å². The highest BCUT2D eigenvalue weighted by Crippen LogP contribution is 2.49. The quantitative estimate of drug-likeness (QED) is 0.0785. The van der Waals surface area contributed by atoms with Crippen molar-refractivity contribution in [1.29, 1.82) is 0 Å². The molecular weight excluding hydrogens is 1170 g/mol. The number of alkyl halides is 2. The third kappa shape index (κ3) is 10.9. The van der Waals surface area contributed by atoms with Gasteiger partial charge in [0, 0.05) is 98.5 Å². The van der Waals surface area contributed by atoms with Crippen LogP contribution in [0, 0.1) is 65.7 Å². The van der Waals surface area contributed by atoms with E-state index in [0.29, 0.717) is 121 Å². The van der Waals surface area contributed by atoms with Crippen LogP contribution >= 0.6 is 0 Å². The molecule has 0 bridgehead atoms. The van der Waals surface area contributed by atoms with Crippen LogP contribution in [-0.2, 0) is 4.74 Å². The Morgan fingerprint density at radius 2 is 1.04 bits per heavy atom. The number of fused-ring (bicyclic) bond motifs is 7. The second-order valence-corrected chi connectivity index (χ2v) is 26.6. The Bertz CT molecular complexity index is 4290. The fourth-order valence-corrected chi connectivity index (χ4v) is 16.5. The van der Waals surface area contributed by atoms with Crippen molar-refractivity contribution in [2.75, 3.05) is 89.1 Å². The number of phenols is 2. The van der Waals surface area contributed by atoms with Gasteiger partial charge < -0.3 is 39.3 Å². The molecule has 0 spiro atoms. The molecule has 3 N–H and O–H groups in total. The molecule has 8 aromatic rings. The predicted molar refractivity (Wildman–Crippen MR) is 337 cm³/mol. The molecule has 472 valence electrons. The molecule has 7 aliphatic rings. The van der Waals surface area contributed by atoms with E-state index in [1.165, 1.54) is 48.5 Å². The lowest BCUT2D eigenvalue weighted by Crippen LogP contribution is -2.43.